The van der Waals surface area contributed by atoms with E-state index >= 15 is 0 Å². The number of aromatic amines is 1. The first-order chi connectivity index (χ1) is 17.2. The van der Waals surface area contributed by atoms with Crippen molar-refractivity contribution in [2.45, 2.75) is 12.5 Å². The lowest BCUT2D eigenvalue weighted by atomic mass is 10.0. The Morgan fingerprint density at radius 3 is 2.66 bits per heavy atom. The highest BCUT2D eigenvalue weighted by Gasteiger charge is 2.19. The number of nitrogens with one attached hydrogen (secondary N) is 2. The molecular formula is C28H25N5O2. The molecule has 0 aliphatic carbocycles. The van der Waals surface area contributed by atoms with Crippen molar-refractivity contribution in [2.24, 2.45) is 0 Å². The Morgan fingerprint density at radius 1 is 1.03 bits per heavy atom. The van der Waals surface area contributed by atoms with Crippen LogP contribution in [0.4, 0.5) is 0 Å². The molecule has 3 aromatic carbocycles. The summed E-state index contributed by atoms with van der Waals surface area (Å²) in [5.74, 6) is 1.37. The van der Waals surface area contributed by atoms with Crippen LogP contribution in [0, 0.1) is 0 Å². The van der Waals surface area contributed by atoms with E-state index in [0.717, 1.165) is 33.7 Å². The molecular weight excluding hydrogens is 438 g/mol. The minimum absolute atomic E-state index is 0.135. The van der Waals surface area contributed by atoms with Gasteiger partial charge in [0.25, 0.3) is 0 Å². The minimum atomic E-state index is -0.193. The molecule has 1 amide bonds. The molecule has 0 radical (unpaired) electrons. The van der Waals surface area contributed by atoms with Crippen molar-refractivity contribution in [1.29, 1.82) is 0 Å². The lowest BCUT2D eigenvalue weighted by molar-refractivity contribution is -0.115. The molecule has 5 rings (SSSR count). The largest absolute Gasteiger partial charge is 0.457 e. The maximum absolute atomic E-state index is 11.6. The van der Waals surface area contributed by atoms with E-state index in [9.17, 15) is 4.79 Å². The van der Waals surface area contributed by atoms with E-state index in [1.54, 1.807) is 13.1 Å². The highest BCUT2D eigenvalue weighted by Crippen LogP contribution is 2.28. The number of H-pyrrole nitrogens is 1. The highest BCUT2D eigenvalue weighted by molar-refractivity contribution is 5.91. The highest BCUT2D eigenvalue weighted by atomic mass is 16.5. The van der Waals surface area contributed by atoms with E-state index < -0.39 is 0 Å². The zero-order valence-corrected chi connectivity index (χ0v) is 19.3. The second-order valence-corrected chi connectivity index (χ2v) is 8.17. The number of ether oxygens (including phenoxy) is 1. The molecule has 1 unspecified atom stereocenters. The number of para-hydroxylation sites is 2. The van der Waals surface area contributed by atoms with Crippen molar-refractivity contribution in [3.63, 3.8) is 0 Å². The van der Waals surface area contributed by atoms with Crippen LogP contribution in [0.25, 0.3) is 17.0 Å². The molecule has 7 nitrogen and oxygen atoms in total. The van der Waals surface area contributed by atoms with Gasteiger partial charge in [-0.15, -0.1) is 5.10 Å². The van der Waals surface area contributed by atoms with Crippen LogP contribution in [0.2, 0.25) is 0 Å². The predicted molar refractivity (Wildman–Crippen MR) is 136 cm³/mol. The number of amides is 1. The number of fused-ring (bicyclic) bond motifs is 1. The number of nitrogens with zero attached hydrogens (tertiary/aromatic N) is 3. The number of carbonyl (C=O) groups is 1. The average Bonchev–Trinajstić information content (AvgIpc) is 3.54. The van der Waals surface area contributed by atoms with E-state index in [1.165, 1.54) is 6.08 Å². The number of carbonyl (C=O) groups excluding carboxylic acids is 1. The summed E-state index contributed by atoms with van der Waals surface area (Å²) in [6.07, 6.45) is 5.61. The van der Waals surface area contributed by atoms with E-state index in [1.807, 2.05) is 71.5 Å². The summed E-state index contributed by atoms with van der Waals surface area (Å²) in [4.78, 5) is 15.1. The van der Waals surface area contributed by atoms with Crippen molar-refractivity contribution in [1.82, 2.24) is 25.3 Å². The third kappa shape index (κ3) is 5.30. The molecule has 35 heavy (non-hydrogen) atoms. The zero-order valence-electron chi connectivity index (χ0n) is 19.3. The number of hydrogen-bond donors (Lipinski definition) is 2. The van der Waals surface area contributed by atoms with E-state index in [4.69, 9.17) is 4.74 Å². The fraction of sp³-hybridized carbons (Fsp3) is 0.107. The molecule has 2 N–H and O–H groups in total. The Bertz CT molecular complexity index is 1440. The van der Waals surface area contributed by atoms with E-state index in [0.29, 0.717) is 12.1 Å². The summed E-state index contributed by atoms with van der Waals surface area (Å²) in [5, 5.41) is 12.3. The zero-order chi connectivity index (χ0) is 24.0. The van der Waals surface area contributed by atoms with Crippen LogP contribution < -0.4 is 10.1 Å². The number of hydrogen-bond acceptors (Lipinski definition) is 4. The second kappa shape index (κ2) is 10.1. The molecule has 5 aromatic rings. The van der Waals surface area contributed by atoms with Gasteiger partial charge in [0.05, 0.1) is 12.2 Å². The van der Waals surface area contributed by atoms with Crippen LogP contribution in [0.1, 0.15) is 23.0 Å². The van der Waals surface area contributed by atoms with Crippen LogP contribution in [0.3, 0.4) is 0 Å². The Labute approximate surface area is 203 Å². The monoisotopic (exact) mass is 463 g/mol. The van der Waals surface area contributed by atoms with Crippen LogP contribution in [-0.2, 0) is 11.2 Å². The summed E-state index contributed by atoms with van der Waals surface area (Å²) in [6.45, 7) is 0. The van der Waals surface area contributed by atoms with Crippen LogP contribution >= 0.6 is 0 Å². The van der Waals surface area contributed by atoms with Crippen LogP contribution in [-0.4, -0.2) is 32.9 Å². The Hall–Kier alpha value is -4.65. The van der Waals surface area contributed by atoms with Gasteiger partial charge in [0.1, 0.15) is 17.2 Å². The summed E-state index contributed by atoms with van der Waals surface area (Å²) < 4.78 is 7.87. The number of aromatic nitrogens is 4. The van der Waals surface area contributed by atoms with Gasteiger partial charge in [-0.3, -0.25) is 4.79 Å². The molecule has 7 heteroatoms. The summed E-state index contributed by atoms with van der Waals surface area (Å²) in [6, 6.07) is 28.0. The Kier molecular flexibility index (Phi) is 6.39. The van der Waals surface area contributed by atoms with E-state index in [2.05, 4.69) is 44.9 Å². The molecule has 2 aromatic heterocycles. The first-order valence-corrected chi connectivity index (χ1v) is 11.4. The second-order valence-electron chi connectivity index (χ2n) is 8.17. The summed E-state index contributed by atoms with van der Waals surface area (Å²) in [5.41, 5.74) is 3.79. The van der Waals surface area contributed by atoms with Gasteiger partial charge >= 0.3 is 0 Å². The molecule has 0 aliphatic heterocycles. The molecule has 0 bridgehead atoms. The van der Waals surface area contributed by atoms with Gasteiger partial charge < -0.3 is 15.0 Å². The van der Waals surface area contributed by atoms with Crippen molar-refractivity contribution < 1.29 is 9.53 Å². The van der Waals surface area contributed by atoms with Gasteiger partial charge in [0, 0.05) is 30.8 Å². The van der Waals surface area contributed by atoms with Gasteiger partial charge in [-0.2, -0.15) is 0 Å². The van der Waals surface area contributed by atoms with E-state index in [-0.39, 0.29) is 11.9 Å². The lowest BCUT2D eigenvalue weighted by Crippen LogP contribution is -2.15. The molecule has 0 saturated heterocycles. The molecule has 174 valence electrons. The first kappa shape index (κ1) is 22.2. The summed E-state index contributed by atoms with van der Waals surface area (Å²) >= 11 is 0. The van der Waals surface area contributed by atoms with Crippen molar-refractivity contribution in [3.05, 3.63) is 114 Å². The standard InChI is InChI=1S/C28H25N5O2/c1-29-28(34)15-14-22-19-33(32-31-22)27(26-18-21-9-5-6-13-25(21)30-26)17-20-8-7-12-24(16-20)35-23-10-3-2-4-11-23/h2-16,18-19,27,30H,17H2,1H3,(H,29,34). The van der Waals surface area contributed by atoms with Crippen LogP contribution in [0.15, 0.2) is 97.2 Å². The van der Waals surface area contributed by atoms with Gasteiger partial charge in [-0.25, -0.2) is 4.68 Å². The van der Waals surface area contributed by atoms with Crippen molar-refractivity contribution in [2.75, 3.05) is 7.05 Å². The summed E-state index contributed by atoms with van der Waals surface area (Å²) in [7, 11) is 1.59. The third-order valence-corrected chi connectivity index (χ3v) is 5.72. The number of rotatable bonds is 8. The maximum atomic E-state index is 11.6. The van der Waals surface area contributed by atoms with Crippen LogP contribution in [0.5, 0.6) is 11.5 Å². The van der Waals surface area contributed by atoms with Crippen molar-refractivity contribution in [3.8, 4) is 11.5 Å². The van der Waals surface area contributed by atoms with Gasteiger partial charge in [0.15, 0.2) is 0 Å². The Balaban J connectivity index is 1.46. The number of benzene rings is 3. The SMILES string of the molecule is CNC(=O)C=Cc1cn(C(Cc2cccc(Oc3ccccc3)c2)c2cc3ccccc3[nH]2)nn1. The molecule has 0 saturated carbocycles. The molecule has 2 heterocycles. The van der Waals surface area contributed by atoms with Gasteiger partial charge in [0.2, 0.25) is 5.91 Å². The first-order valence-electron chi connectivity index (χ1n) is 11.4. The molecule has 1 atom stereocenters. The predicted octanol–water partition coefficient (Wildman–Crippen LogP) is 5.14. The Morgan fingerprint density at radius 2 is 1.83 bits per heavy atom. The number of likely N-dealkylation sites (N-methyl/N-ethyl adjacent to an activating group) is 1. The molecule has 0 aliphatic rings. The quantitative estimate of drug-likeness (QED) is 0.312. The normalized spacial score (nSPS) is 12.1. The maximum Gasteiger partial charge on any atom is 0.243 e. The fourth-order valence-corrected chi connectivity index (χ4v) is 3.97. The molecule has 0 spiro atoms. The van der Waals surface area contributed by atoms with Crippen molar-refractivity contribution >= 4 is 22.9 Å². The molecule has 0 fully saturated rings. The van der Waals surface area contributed by atoms with Gasteiger partial charge in [-0.05, 0) is 53.4 Å². The smallest absolute Gasteiger partial charge is 0.243 e. The minimum Gasteiger partial charge on any atom is -0.457 e. The fourth-order valence-electron chi connectivity index (χ4n) is 3.97. The lowest BCUT2D eigenvalue weighted by Gasteiger charge is -2.16. The third-order valence-electron chi connectivity index (χ3n) is 5.72. The van der Waals surface area contributed by atoms with Gasteiger partial charge in [-0.1, -0.05) is 53.7 Å². The topological polar surface area (TPSA) is 84.8 Å². The average molecular weight is 464 g/mol.